The second-order valence-corrected chi connectivity index (χ2v) is 4.81. The monoisotopic (exact) mass is 262 g/mol. The van der Waals surface area contributed by atoms with Gasteiger partial charge in [0.15, 0.2) is 0 Å². The molecule has 0 fully saturated rings. The minimum atomic E-state index is -1.15. The van der Waals surface area contributed by atoms with Crippen molar-refractivity contribution < 1.29 is 14.7 Å². The van der Waals surface area contributed by atoms with E-state index < -0.39 is 11.9 Å². The molecule has 5 nitrogen and oxygen atoms in total. The molecule has 2 N–H and O–H groups in total. The highest BCUT2D eigenvalue weighted by Crippen LogP contribution is 2.24. The fraction of sp³-hybridized carbons (Fsp3) is 0.0833. The summed E-state index contributed by atoms with van der Waals surface area (Å²) >= 11 is 1.54. The summed E-state index contributed by atoms with van der Waals surface area (Å²) in [5.41, 5.74) is 1.50. The molecule has 18 heavy (non-hydrogen) atoms. The van der Waals surface area contributed by atoms with Crippen LogP contribution < -0.4 is 5.32 Å². The summed E-state index contributed by atoms with van der Waals surface area (Å²) in [5.74, 6) is -1.63. The third kappa shape index (κ3) is 2.92. The molecule has 0 spiro atoms. The summed E-state index contributed by atoms with van der Waals surface area (Å²) in [6.07, 6.45) is 1.77. The quantitative estimate of drug-likeness (QED) is 0.831. The number of hydrogen-bond donors (Lipinski definition) is 2. The standard InChI is InChI=1S/C12H10N2O3S/c1-7-13-9-3-2-8(6-10(9)18-7)14-11(15)4-5-12(16)17/h2-6H,1H3,(H,14,15)(H,16,17)/b5-4-. The van der Waals surface area contributed by atoms with Crippen molar-refractivity contribution in [2.75, 3.05) is 5.32 Å². The number of rotatable bonds is 3. The Labute approximate surface area is 107 Å². The highest BCUT2D eigenvalue weighted by Gasteiger charge is 2.03. The van der Waals surface area contributed by atoms with Crippen LogP contribution in [0, 0.1) is 6.92 Å². The summed E-state index contributed by atoms with van der Waals surface area (Å²) in [7, 11) is 0. The van der Waals surface area contributed by atoms with Crippen LogP contribution in [0.1, 0.15) is 5.01 Å². The first-order chi connectivity index (χ1) is 8.54. The number of aryl methyl sites for hydroxylation is 1. The lowest BCUT2D eigenvalue weighted by Gasteiger charge is -2.00. The van der Waals surface area contributed by atoms with Crippen LogP contribution in [0.15, 0.2) is 30.4 Å². The van der Waals surface area contributed by atoms with Gasteiger partial charge in [-0.15, -0.1) is 11.3 Å². The number of anilines is 1. The number of benzene rings is 1. The van der Waals surface area contributed by atoms with Crippen LogP contribution in [0.3, 0.4) is 0 Å². The number of carboxylic acids is 1. The molecule has 1 aromatic carbocycles. The SMILES string of the molecule is Cc1nc2ccc(NC(=O)/C=C\C(=O)O)cc2s1. The zero-order chi connectivity index (χ0) is 13.1. The predicted molar refractivity (Wildman–Crippen MR) is 69.8 cm³/mol. The molecule has 0 aliphatic carbocycles. The summed E-state index contributed by atoms with van der Waals surface area (Å²) in [6, 6.07) is 5.36. The van der Waals surface area contributed by atoms with E-state index in [1.807, 2.05) is 19.1 Å². The van der Waals surface area contributed by atoms with Gasteiger partial charge in [0.25, 0.3) is 0 Å². The van der Waals surface area contributed by atoms with Crippen LogP contribution >= 0.6 is 11.3 Å². The normalized spacial score (nSPS) is 10.9. The Bertz CT molecular complexity index is 646. The molecule has 1 heterocycles. The molecule has 6 heteroatoms. The molecule has 0 bridgehead atoms. The molecule has 0 unspecified atom stereocenters. The van der Waals surface area contributed by atoms with Crippen molar-refractivity contribution in [3.05, 3.63) is 35.4 Å². The molecule has 0 saturated carbocycles. The Hall–Kier alpha value is -2.21. The molecule has 0 saturated heterocycles. The lowest BCUT2D eigenvalue weighted by atomic mass is 10.3. The number of carboxylic acid groups (broad SMARTS) is 1. The molecule has 2 aromatic rings. The van der Waals surface area contributed by atoms with Crippen molar-refractivity contribution in [2.24, 2.45) is 0 Å². The fourth-order valence-corrected chi connectivity index (χ4v) is 2.31. The van der Waals surface area contributed by atoms with E-state index >= 15 is 0 Å². The van der Waals surface area contributed by atoms with Crippen molar-refractivity contribution in [3.63, 3.8) is 0 Å². The number of carbonyl (C=O) groups excluding carboxylic acids is 1. The van der Waals surface area contributed by atoms with E-state index in [1.54, 1.807) is 6.07 Å². The van der Waals surface area contributed by atoms with Gasteiger partial charge in [0.05, 0.1) is 15.2 Å². The number of thiazole rings is 1. The molecule has 92 valence electrons. The van der Waals surface area contributed by atoms with Gasteiger partial charge in [-0.05, 0) is 25.1 Å². The first kappa shape index (κ1) is 12.3. The molecule has 0 aliphatic rings. The van der Waals surface area contributed by atoms with Crippen molar-refractivity contribution in [1.29, 1.82) is 0 Å². The number of aliphatic carboxylic acids is 1. The average molecular weight is 262 g/mol. The number of nitrogens with zero attached hydrogens (tertiary/aromatic N) is 1. The summed E-state index contributed by atoms with van der Waals surface area (Å²) in [4.78, 5) is 26.0. The van der Waals surface area contributed by atoms with Gasteiger partial charge in [-0.25, -0.2) is 9.78 Å². The van der Waals surface area contributed by atoms with Crippen LogP contribution in [0.4, 0.5) is 5.69 Å². The number of amides is 1. The van der Waals surface area contributed by atoms with Gasteiger partial charge in [-0.3, -0.25) is 4.79 Å². The maximum Gasteiger partial charge on any atom is 0.328 e. The van der Waals surface area contributed by atoms with E-state index in [0.717, 1.165) is 27.4 Å². The summed E-state index contributed by atoms with van der Waals surface area (Å²) < 4.78 is 0.979. The van der Waals surface area contributed by atoms with Gasteiger partial charge in [-0.1, -0.05) is 0 Å². The Morgan fingerprint density at radius 3 is 2.89 bits per heavy atom. The van der Waals surface area contributed by atoms with Gasteiger partial charge >= 0.3 is 5.97 Å². The molecule has 1 amide bonds. The van der Waals surface area contributed by atoms with Gasteiger partial charge < -0.3 is 10.4 Å². The number of hydrogen-bond acceptors (Lipinski definition) is 4. The molecule has 2 rings (SSSR count). The van der Waals surface area contributed by atoms with Crippen LogP contribution in [0.2, 0.25) is 0 Å². The number of aromatic nitrogens is 1. The number of carbonyl (C=O) groups is 2. The second kappa shape index (κ2) is 4.97. The Kier molecular flexibility index (Phi) is 3.38. The van der Waals surface area contributed by atoms with E-state index in [9.17, 15) is 9.59 Å². The molecule has 0 atom stereocenters. The maximum absolute atomic E-state index is 11.4. The third-order valence-corrected chi connectivity index (χ3v) is 3.07. The van der Waals surface area contributed by atoms with Crippen molar-refractivity contribution in [3.8, 4) is 0 Å². The van der Waals surface area contributed by atoms with E-state index in [1.165, 1.54) is 11.3 Å². The summed E-state index contributed by atoms with van der Waals surface area (Å²) in [6.45, 7) is 1.92. The van der Waals surface area contributed by atoms with Crippen molar-refractivity contribution >= 4 is 39.1 Å². The van der Waals surface area contributed by atoms with Crippen LogP contribution in [0.5, 0.6) is 0 Å². The zero-order valence-electron chi connectivity index (χ0n) is 9.51. The predicted octanol–water partition coefficient (Wildman–Crippen LogP) is 2.18. The van der Waals surface area contributed by atoms with E-state index in [-0.39, 0.29) is 0 Å². The average Bonchev–Trinajstić information content (AvgIpc) is 2.66. The second-order valence-electron chi connectivity index (χ2n) is 3.58. The molecular weight excluding hydrogens is 252 g/mol. The fourth-order valence-electron chi connectivity index (χ4n) is 1.45. The zero-order valence-corrected chi connectivity index (χ0v) is 10.3. The van der Waals surface area contributed by atoms with Crippen molar-refractivity contribution in [2.45, 2.75) is 6.92 Å². The van der Waals surface area contributed by atoms with Gasteiger partial charge in [0.1, 0.15) is 0 Å². The maximum atomic E-state index is 11.4. The largest absolute Gasteiger partial charge is 0.478 e. The molecule has 1 aromatic heterocycles. The number of nitrogens with one attached hydrogen (secondary N) is 1. The molecular formula is C12H10N2O3S. The van der Waals surface area contributed by atoms with Gasteiger partial charge in [0, 0.05) is 17.8 Å². The third-order valence-electron chi connectivity index (χ3n) is 2.14. The number of fused-ring (bicyclic) bond motifs is 1. The van der Waals surface area contributed by atoms with E-state index in [2.05, 4.69) is 10.3 Å². The van der Waals surface area contributed by atoms with Crippen LogP contribution in [-0.2, 0) is 9.59 Å². The Morgan fingerprint density at radius 2 is 2.17 bits per heavy atom. The highest BCUT2D eigenvalue weighted by atomic mass is 32.1. The Morgan fingerprint density at radius 1 is 1.39 bits per heavy atom. The van der Waals surface area contributed by atoms with E-state index in [4.69, 9.17) is 5.11 Å². The smallest absolute Gasteiger partial charge is 0.328 e. The minimum Gasteiger partial charge on any atom is -0.478 e. The van der Waals surface area contributed by atoms with Crippen LogP contribution in [0.25, 0.3) is 10.2 Å². The lowest BCUT2D eigenvalue weighted by molar-refractivity contribution is -0.131. The van der Waals surface area contributed by atoms with Gasteiger partial charge in [0.2, 0.25) is 5.91 Å². The summed E-state index contributed by atoms with van der Waals surface area (Å²) in [5, 5.41) is 11.9. The van der Waals surface area contributed by atoms with Gasteiger partial charge in [-0.2, -0.15) is 0 Å². The topological polar surface area (TPSA) is 79.3 Å². The first-order valence-electron chi connectivity index (χ1n) is 5.14. The Balaban J connectivity index is 2.16. The van der Waals surface area contributed by atoms with Crippen LogP contribution in [-0.4, -0.2) is 22.0 Å². The molecule has 0 aliphatic heterocycles. The lowest BCUT2D eigenvalue weighted by Crippen LogP contribution is -2.08. The minimum absolute atomic E-state index is 0.474. The molecule has 0 radical (unpaired) electrons. The highest BCUT2D eigenvalue weighted by molar-refractivity contribution is 7.18. The van der Waals surface area contributed by atoms with Crippen molar-refractivity contribution in [1.82, 2.24) is 4.98 Å². The first-order valence-corrected chi connectivity index (χ1v) is 5.95. The van der Waals surface area contributed by atoms with E-state index in [0.29, 0.717) is 5.69 Å².